The quantitative estimate of drug-likeness (QED) is 0.339. The van der Waals surface area contributed by atoms with Crippen molar-refractivity contribution in [2.24, 2.45) is 0 Å². The van der Waals surface area contributed by atoms with E-state index in [1.54, 1.807) is 11.0 Å². The zero-order chi connectivity index (χ0) is 22.5. The number of rotatable bonds is 7. The summed E-state index contributed by atoms with van der Waals surface area (Å²) in [7, 11) is 0. The molecule has 166 valence electrons. The molecule has 7 heteroatoms. The number of hydrogen-bond donors (Lipinski definition) is 1. The Morgan fingerprint density at radius 2 is 2.00 bits per heavy atom. The molecule has 2 aliphatic rings. The summed E-state index contributed by atoms with van der Waals surface area (Å²) in [4.78, 5) is 27.6. The van der Waals surface area contributed by atoms with Crippen LogP contribution in [-0.4, -0.2) is 29.3 Å². The van der Waals surface area contributed by atoms with Gasteiger partial charge in [-0.25, -0.2) is 0 Å². The number of carbonyl (C=O) groups excluding carboxylic acids is 2. The summed E-state index contributed by atoms with van der Waals surface area (Å²) in [5.41, 5.74) is 3.45. The van der Waals surface area contributed by atoms with Crippen LogP contribution in [0, 0.1) is 0 Å². The number of nitrogens with one attached hydrogen (secondary N) is 1. The van der Waals surface area contributed by atoms with Crippen LogP contribution in [0.2, 0.25) is 0 Å². The molecule has 0 bridgehead atoms. The van der Waals surface area contributed by atoms with Crippen molar-refractivity contribution in [1.82, 2.24) is 5.32 Å². The van der Waals surface area contributed by atoms with Crippen LogP contribution in [0.25, 0.3) is 6.08 Å². The summed E-state index contributed by atoms with van der Waals surface area (Å²) in [6.45, 7) is 3.13. The second-order valence-electron chi connectivity index (χ2n) is 7.89. The van der Waals surface area contributed by atoms with Gasteiger partial charge >= 0.3 is 0 Å². The van der Waals surface area contributed by atoms with Gasteiger partial charge in [0.1, 0.15) is 16.7 Å². The van der Waals surface area contributed by atoms with Crippen LogP contribution in [-0.2, 0) is 11.2 Å². The third kappa shape index (κ3) is 5.22. The standard InChI is InChI=1S/C25H26N2O3S2/c1-2-3-4-5-6-17-7-10-19(11-8-17)24(29)27-13-14-30-21-12-9-18(15-20(21)27)16-22-23(28)26-25(31)32-22/h7-12,15-16H,2-6,13-14H2,1H3,(H,26,28,31). The fourth-order valence-electron chi connectivity index (χ4n) is 3.83. The largest absolute Gasteiger partial charge is 0.490 e. The zero-order valence-corrected chi connectivity index (χ0v) is 19.7. The summed E-state index contributed by atoms with van der Waals surface area (Å²) in [6, 6.07) is 13.5. The summed E-state index contributed by atoms with van der Waals surface area (Å²) in [5.74, 6) is 0.418. The second kappa shape index (κ2) is 10.3. The van der Waals surface area contributed by atoms with Gasteiger partial charge in [-0.3, -0.25) is 9.59 Å². The highest BCUT2D eigenvalue weighted by Gasteiger charge is 2.26. The fourth-order valence-corrected chi connectivity index (χ4v) is 4.88. The van der Waals surface area contributed by atoms with Crippen molar-refractivity contribution >= 4 is 51.9 Å². The lowest BCUT2D eigenvalue weighted by atomic mass is 10.0. The minimum atomic E-state index is -0.198. The molecule has 2 heterocycles. The van der Waals surface area contributed by atoms with E-state index in [1.807, 2.05) is 30.3 Å². The smallest absolute Gasteiger partial charge is 0.263 e. The molecular formula is C25H26N2O3S2. The van der Waals surface area contributed by atoms with E-state index in [0.29, 0.717) is 39.4 Å². The average Bonchev–Trinajstić information content (AvgIpc) is 3.12. The molecule has 2 aromatic rings. The topological polar surface area (TPSA) is 58.6 Å². The predicted molar refractivity (Wildman–Crippen MR) is 134 cm³/mol. The lowest BCUT2D eigenvalue weighted by molar-refractivity contribution is -0.115. The molecule has 4 rings (SSSR count). The van der Waals surface area contributed by atoms with Gasteiger partial charge in [-0.05, 0) is 54.3 Å². The van der Waals surface area contributed by atoms with Crippen molar-refractivity contribution in [3.8, 4) is 5.75 Å². The van der Waals surface area contributed by atoms with Crippen molar-refractivity contribution in [3.63, 3.8) is 0 Å². The molecule has 5 nitrogen and oxygen atoms in total. The van der Waals surface area contributed by atoms with E-state index in [9.17, 15) is 9.59 Å². The first-order valence-corrected chi connectivity index (χ1v) is 12.2. The van der Waals surface area contributed by atoms with Crippen molar-refractivity contribution < 1.29 is 14.3 Å². The normalized spacial score (nSPS) is 16.7. The van der Waals surface area contributed by atoms with Gasteiger partial charge in [0.2, 0.25) is 0 Å². The van der Waals surface area contributed by atoms with Crippen molar-refractivity contribution in [2.45, 2.75) is 39.0 Å². The highest BCUT2D eigenvalue weighted by Crippen LogP contribution is 2.35. The van der Waals surface area contributed by atoms with Crippen molar-refractivity contribution in [3.05, 3.63) is 64.1 Å². The van der Waals surface area contributed by atoms with Gasteiger partial charge in [0.05, 0.1) is 17.1 Å². The molecule has 0 aliphatic carbocycles. The molecule has 1 saturated heterocycles. The summed E-state index contributed by atoms with van der Waals surface area (Å²) >= 11 is 6.29. The van der Waals surface area contributed by atoms with Gasteiger partial charge in [0.25, 0.3) is 11.8 Å². The molecular weight excluding hydrogens is 440 g/mol. The summed E-state index contributed by atoms with van der Waals surface area (Å²) < 4.78 is 6.22. The number of thiocarbonyl (C=S) groups is 1. The highest BCUT2D eigenvalue weighted by molar-refractivity contribution is 8.26. The van der Waals surface area contributed by atoms with Gasteiger partial charge in [-0.15, -0.1) is 0 Å². The molecule has 32 heavy (non-hydrogen) atoms. The monoisotopic (exact) mass is 466 g/mol. The number of benzene rings is 2. The summed E-state index contributed by atoms with van der Waals surface area (Å²) in [5, 5.41) is 2.62. The van der Waals surface area contributed by atoms with Crippen LogP contribution in [0.5, 0.6) is 5.75 Å². The van der Waals surface area contributed by atoms with Gasteiger partial charge in [-0.2, -0.15) is 0 Å². The number of unbranched alkanes of at least 4 members (excludes halogenated alkanes) is 3. The Balaban J connectivity index is 1.52. The fraction of sp³-hybridized carbons (Fsp3) is 0.320. The first kappa shape index (κ1) is 22.6. The van der Waals surface area contributed by atoms with E-state index < -0.39 is 0 Å². The molecule has 0 saturated carbocycles. The Morgan fingerprint density at radius 3 is 2.72 bits per heavy atom. The lowest BCUT2D eigenvalue weighted by Crippen LogP contribution is -2.38. The zero-order valence-electron chi connectivity index (χ0n) is 18.1. The number of thioether (sulfide) groups is 1. The van der Waals surface area contributed by atoms with Crippen LogP contribution in [0.4, 0.5) is 5.69 Å². The molecule has 0 radical (unpaired) electrons. The van der Waals surface area contributed by atoms with E-state index in [0.717, 1.165) is 12.0 Å². The van der Waals surface area contributed by atoms with E-state index in [4.69, 9.17) is 17.0 Å². The molecule has 1 N–H and O–H groups in total. The Kier molecular flexibility index (Phi) is 7.27. The van der Waals surface area contributed by atoms with Gasteiger partial charge in [-0.1, -0.05) is 68.4 Å². The minimum Gasteiger partial charge on any atom is -0.490 e. The third-order valence-electron chi connectivity index (χ3n) is 5.55. The number of aryl methyl sites for hydroxylation is 1. The van der Waals surface area contributed by atoms with Crippen molar-refractivity contribution in [2.75, 3.05) is 18.1 Å². The molecule has 1 fully saturated rings. The van der Waals surface area contributed by atoms with Gasteiger partial charge in [0, 0.05) is 5.56 Å². The number of amides is 2. The van der Waals surface area contributed by atoms with Crippen molar-refractivity contribution in [1.29, 1.82) is 0 Å². The second-order valence-corrected chi connectivity index (χ2v) is 9.61. The van der Waals surface area contributed by atoms with Crippen LogP contribution < -0.4 is 15.0 Å². The average molecular weight is 467 g/mol. The Hall–Kier alpha value is -2.64. The minimum absolute atomic E-state index is 0.0500. The lowest BCUT2D eigenvalue weighted by Gasteiger charge is -2.30. The molecule has 2 aromatic carbocycles. The first-order valence-electron chi connectivity index (χ1n) is 11.0. The number of anilines is 1. The van der Waals surface area contributed by atoms with E-state index in [2.05, 4.69) is 24.4 Å². The van der Waals surface area contributed by atoms with E-state index >= 15 is 0 Å². The van der Waals surface area contributed by atoms with E-state index in [-0.39, 0.29) is 11.8 Å². The molecule has 0 atom stereocenters. The predicted octanol–water partition coefficient (Wildman–Crippen LogP) is 5.34. The highest BCUT2D eigenvalue weighted by atomic mass is 32.2. The molecule has 2 amide bonds. The summed E-state index contributed by atoms with van der Waals surface area (Å²) in [6.07, 6.45) is 7.74. The van der Waals surface area contributed by atoms with Gasteiger partial charge in [0.15, 0.2) is 0 Å². The maximum atomic E-state index is 13.3. The molecule has 0 spiro atoms. The number of hydrogen-bond acceptors (Lipinski definition) is 5. The number of carbonyl (C=O) groups is 2. The van der Waals surface area contributed by atoms with Crippen LogP contribution in [0.15, 0.2) is 47.4 Å². The first-order chi connectivity index (χ1) is 15.5. The number of ether oxygens (including phenoxy) is 1. The molecule has 2 aliphatic heterocycles. The third-order valence-corrected chi connectivity index (χ3v) is 6.71. The maximum Gasteiger partial charge on any atom is 0.263 e. The SMILES string of the molecule is CCCCCCc1ccc(C(=O)N2CCOc3ccc(C=C4SC(=S)NC4=O)cc32)cc1. The van der Waals surface area contributed by atoms with Crippen LogP contribution >= 0.6 is 24.0 Å². The van der Waals surface area contributed by atoms with Crippen LogP contribution in [0.3, 0.4) is 0 Å². The van der Waals surface area contributed by atoms with Gasteiger partial charge < -0.3 is 15.0 Å². The van der Waals surface area contributed by atoms with Crippen LogP contribution in [0.1, 0.15) is 54.1 Å². The molecule has 0 aromatic heterocycles. The number of fused-ring (bicyclic) bond motifs is 1. The Bertz CT molecular complexity index is 1060. The van der Waals surface area contributed by atoms with E-state index in [1.165, 1.54) is 43.0 Å². The molecule has 0 unspecified atom stereocenters. The number of nitrogens with zero attached hydrogens (tertiary/aromatic N) is 1. The Labute approximate surface area is 198 Å². The maximum absolute atomic E-state index is 13.3. The Morgan fingerprint density at radius 1 is 1.19 bits per heavy atom.